The number of likely N-dealkylation sites (N-methyl/N-ethyl adjacent to an activating group) is 1. The van der Waals surface area contributed by atoms with E-state index in [-0.39, 0.29) is 38.0 Å². The molecule has 0 heterocycles. The second-order valence-corrected chi connectivity index (χ2v) is 17.3. The van der Waals surface area contributed by atoms with Gasteiger partial charge in [-0.05, 0) is 50.7 Å². The van der Waals surface area contributed by atoms with Gasteiger partial charge >= 0.3 is 13.8 Å². The van der Waals surface area contributed by atoms with Gasteiger partial charge < -0.3 is 18.9 Å². The van der Waals surface area contributed by atoms with Crippen LogP contribution in [-0.2, 0) is 32.7 Å². The van der Waals surface area contributed by atoms with E-state index in [9.17, 15) is 19.0 Å². The summed E-state index contributed by atoms with van der Waals surface area (Å²) in [6.07, 6.45) is 39.6. The van der Waals surface area contributed by atoms with E-state index < -0.39 is 13.9 Å². The Kier molecular flexibility index (Phi) is 35.6. The molecule has 0 aliphatic carbocycles. The molecule has 1 N–H and O–H groups in total. The first-order valence-corrected chi connectivity index (χ1v) is 23.2. The predicted molar refractivity (Wildman–Crippen MR) is 224 cm³/mol. The molecule has 2 atom stereocenters. The monoisotopic (exact) mass is 785 g/mol. The molecule has 0 bridgehead atoms. The molecule has 9 nitrogen and oxygen atoms in total. The van der Waals surface area contributed by atoms with Crippen molar-refractivity contribution >= 4 is 19.6 Å². The first-order valence-electron chi connectivity index (χ1n) is 21.7. The number of ketones is 1. The summed E-state index contributed by atoms with van der Waals surface area (Å²) in [6.45, 7) is 4.72. The van der Waals surface area contributed by atoms with E-state index >= 15 is 0 Å². The van der Waals surface area contributed by atoms with Gasteiger partial charge in [-0.2, -0.15) is 0 Å². The minimum Gasteiger partial charge on any atom is -0.498 e. The van der Waals surface area contributed by atoms with Gasteiger partial charge in [-0.15, -0.1) is 0 Å². The highest BCUT2D eigenvalue weighted by molar-refractivity contribution is 7.47. The highest BCUT2D eigenvalue weighted by atomic mass is 31.2. The molecule has 10 heteroatoms. The fraction of sp³-hybridized carbons (Fsp3) is 0.818. The zero-order chi connectivity index (χ0) is 40.0. The first kappa shape index (κ1) is 52.2. The molecule has 0 aromatic heterocycles. The number of carbonyl (C=O) groups is 2. The number of esters is 1. The molecule has 0 spiro atoms. The van der Waals surface area contributed by atoms with Crippen molar-refractivity contribution in [3.63, 3.8) is 0 Å². The van der Waals surface area contributed by atoms with Crippen molar-refractivity contribution in [2.45, 2.75) is 187 Å². The Morgan fingerprint density at radius 2 is 1.13 bits per heavy atom. The Bertz CT molecular complexity index is 1020. The van der Waals surface area contributed by atoms with Crippen LogP contribution in [0.25, 0.3) is 0 Å². The molecular formula is C44H83NO8P+. The van der Waals surface area contributed by atoms with Gasteiger partial charge in [-0.3, -0.25) is 18.6 Å². The second-order valence-electron chi connectivity index (χ2n) is 15.8. The predicted octanol–water partition coefficient (Wildman–Crippen LogP) is 12.1. The number of nitrogens with zero attached hydrogens (tertiary/aromatic N) is 1. The molecule has 0 saturated heterocycles. The molecule has 0 saturated carbocycles. The van der Waals surface area contributed by atoms with Crippen molar-refractivity contribution < 1.29 is 42.1 Å². The molecule has 1 unspecified atom stereocenters. The maximum absolute atomic E-state index is 12.7. The molecule has 0 amide bonds. The Balaban J connectivity index is 4.36. The van der Waals surface area contributed by atoms with E-state index in [2.05, 4.69) is 19.9 Å². The Morgan fingerprint density at radius 3 is 1.70 bits per heavy atom. The topological polar surface area (TPSA) is 108 Å². The van der Waals surface area contributed by atoms with Gasteiger partial charge in [0.2, 0.25) is 0 Å². The number of carbonyl (C=O) groups excluding carboxylic acids is 2. The molecule has 0 aromatic carbocycles. The summed E-state index contributed by atoms with van der Waals surface area (Å²) in [7, 11) is 1.58. The number of hydrogen-bond donors (Lipinski definition) is 1. The van der Waals surface area contributed by atoms with E-state index in [1.807, 2.05) is 39.4 Å². The molecule has 0 radical (unpaired) electrons. The van der Waals surface area contributed by atoms with E-state index in [4.69, 9.17) is 18.5 Å². The standard InChI is InChI=1S/C44H82NO8P/c1-6-8-10-11-12-13-14-15-16-17-18-19-23-26-29-33-38-50-40-43(41-52-54(48,49)51-39-37-45(3,4)5)53-44(47)36-32-28-25-22-20-21-24-27-31-35-42(46)34-30-9-7-2/h24,27,31,33,35,38,43H,6-23,25-26,28-30,32,34,36-37,39-41H2,1-5H3/p+1/b27-24-,35-31+,38-33+/t43-/m1/s1. The van der Waals surface area contributed by atoms with Crippen molar-refractivity contribution in [2.24, 2.45) is 0 Å². The van der Waals surface area contributed by atoms with Crippen LogP contribution < -0.4 is 0 Å². The van der Waals surface area contributed by atoms with Crippen LogP contribution in [0.5, 0.6) is 0 Å². The van der Waals surface area contributed by atoms with E-state index in [0.29, 0.717) is 23.9 Å². The lowest BCUT2D eigenvalue weighted by atomic mass is 10.0. The van der Waals surface area contributed by atoms with Crippen LogP contribution >= 0.6 is 7.82 Å². The van der Waals surface area contributed by atoms with Crippen LogP contribution in [0.3, 0.4) is 0 Å². The van der Waals surface area contributed by atoms with Crippen molar-refractivity contribution in [1.82, 2.24) is 0 Å². The fourth-order valence-corrected chi connectivity index (χ4v) is 6.53. The van der Waals surface area contributed by atoms with Crippen LogP contribution in [-0.4, -0.2) is 74.7 Å². The molecule has 0 aliphatic rings. The molecule has 54 heavy (non-hydrogen) atoms. The van der Waals surface area contributed by atoms with E-state index in [1.54, 1.807) is 12.3 Å². The summed E-state index contributed by atoms with van der Waals surface area (Å²) in [5.74, 6) is -0.190. The lowest BCUT2D eigenvalue weighted by Crippen LogP contribution is -2.37. The van der Waals surface area contributed by atoms with Gasteiger partial charge in [0, 0.05) is 12.8 Å². The highest BCUT2D eigenvalue weighted by Gasteiger charge is 2.26. The molecule has 0 aliphatic heterocycles. The molecule has 0 aromatic rings. The fourth-order valence-electron chi connectivity index (χ4n) is 5.79. The third-order valence-corrected chi connectivity index (χ3v) is 10.2. The summed E-state index contributed by atoms with van der Waals surface area (Å²) in [5, 5.41) is 0. The van der Waals surface area contributed by atoms with Gasteiger partial charge in [0.05, 0.1) is 34.0 Å². The van der Waals surface area contributed by atoms with Crippen molar-refractivity contribution in [1.29, 1.82) is 0 Å². The van der Waals surface area contributed by atoms with Crippen LogP contribution in [0, 0.1) is 0 Å². The van der Waals surface area contributed by atoms with E-state index in [0.717, 1.165) is 64.2 Å². The summed E-state index contributed by atoms with van der Waals surface area (Å²) >= 11 is 0. The third-order valence-electron chi connectivity index (χ3n) is 9.24. The Labute approximate surface area is 331 Å². The number of phosphoric acid groups is 1. The Hall–Kier alpha value is -1.77. The quantitative estimate of drug-likeness (QED) is 0.0124. The van der Waals surface area contributed by atoms with Crippen LogP contribution in [0.15, 0.2) is 36.6 Å². The minimum absolute atomic E-state index is 0.0234. The Morgan fingerprint density at radius 1 is 0.630 bits per heavy atom. The summed E-state index contributed by atoms with van der Waals surface area (Å²) < 4.78 is 34.6. The minimum atomic E-state index is -4.31. The lowest BCUT2D eigenvalue weighted by Gasteiger charge is -2.24. The first-order chi connectivity index (χ1) is 26.0. The average Bonchev–Trinajstić information content (AvgIpc) is 3.11. The zero-order valence-corrected chi connectivity index (χ0v) is 36.3. The van der Waals surface area contributed by atoms with Gasteiger partial charge in [-0.1, -0.05) is 148 Å². The smallest absolute Gasteiger partial charge is 0.472 e. The summed E-state index contributed by atoms with van der Waals surface area (Å²) in [6, 6.07) is 0. The number of allylic oxidation sites excluding steroid dienone is 5. The van der Waals surface area contributed by atoms with E-state index in [1.165, 1.54) is 83.5 Å². The second kappa shape index (κ2) is 36.8. The largest absolute Gasteiger partial charge is 0.498 e. The number of ether oxygens (including phenoxy) is 2. The molecule has 316 valence electrons. The maximum atomic E-state index is 12.7. The van der Waals surface area contributed by atoms with Crippen LogP contribution in [0.1, 0.15) is 181 Å². The number of hydrogen-bond acceptors (Lipinski definition) is 7. The van der Waals surface area contributed by atoms with Gasteiger partial charge in [0.1, 0.15) is 19.8 Å². The highest BCUT2D eigenvalue weighted by Crippen LogP contribution is 2.43. The molecule has 0 fully saturated rings. The van der Waals surface area contributed by atoms with Gasteiger partial charge in [-0.25, -0.2) is 4.57 Å². The third kappa shape index (κ3) is 39.9. The number of quaternary nitrogens is 1. The van der Waals surface area contributed by atoms with Gasteiger partial charge in [0.25, 0.3) is 0 Å². The van der Waals surface area contributed by atoms with Crippen molar-refractivity contribution in [2.75, 3.05) is 47.5 Å². The maximum Gasteiger partial charge on any atom is 0.472 e. The van der Waals surface area contributed by atoms with Crippen LogP contribution in [0.2, 0.25) is 0 Å². The summed E-state index contributed by atoms with van der Waals surface area (Å²) in [4.78, 5) is 34.6. The van der Waals surface area contributed by atoms with Crippen molar-refractivity contribution in [3.8, 4) is 0 Å². The lowest BCUT2D eigenvalue weighted by molar-refractivity contribution is -0.870. The normalized spacial score (nSPS) is 14.0. The van der Waals surface area contributed by atoms with Crippen LogP contribution in [0.4, 0.5) is 0 Å². The number of unbranched alkanes of at least 4 members (excludes halogenated alkanes) is 21. The summed E-state index contributed by atoms with van der Waals surface area (Å²) in [5.41, 5.74) is 0. The number of phosphoric ester groups is 1. The molecular weight excluding hydrogens is 701 g/mol. The SMILES string of the molecule is CCCCCCCCCCCCCCCC/C=C/OC[C@H](COP(=O)(O)OCC[N+](C)(C)C)OC(=O)CCCCCCC/C=C\C=C\C(=O)CCCCC. The average molecular weight is 785 g/mol. The van der Waals surface area contributed by atoms with Crippen molar-refractivity contribution in [3.05, 3.63) is 36.6 Å². The molecule has 0 rings (SSSR count). The number of rotatable bonds is 40. The van der Waals surface area contributed by atoms with Gasteiger partial charge in [0.15, 0.2) is 11.9 Å². The zero-order valence-electron chi connectivity index (χ0n) is 35.5.